The number of sulfonamides is 1. The van der Waals surface area contributed by atoms with Gasteiger partial charge in [-0.25, -0.2) is 12.8 Å². The molecule has 0 saturated carbocycles. The van der Waals surface area contributed by atoms with E-state index >= 15 is 0 Å². The van der Waals surface area contributed by atoms with Crippen LogP contribution >= 0.6 is 0 Å². The summed E-state index contributed by atoms with van der Waals surface area (Å²) in [6.07, 6.45) is 0.605. The number of hydrogen-bond acceptors (Lipinski definition) is 5. The van der Waals surface area contributed by atoms with E-state index in [4.69, 9.17) is 5.73 Å². The Morgan fingerprint density at radius 2 is 1.62 bits per heavy atom. The van der Waals surface area contributed by atoms with Crippen LogP contribution in [0.4, 0.5) is 10.1 Å². The summed E-state index contributed by atoms with van der Waals surface area (Å²) in [5.41, 5.74) is 6.43. The van der Waals surface area contributed by atoms with Gasteiger partial charge >= 0.3 is 0 Å². The van der Waals surface area contributed by atoms with Gasteiger partial charge in [0.05, 0.1) is 12.2 Å². The number of anilines is 1. The number of nitrogens with one attached hydrogen (secondary N) is 1. The third-order valence-corrected chi connectivity index (χ3v) is 6.55. The number of halogens is 1. The fourth-order valence-corrected chi connectivity index (χ4v) is 4.44. The summed E-state index contributed by atoms with van der Waals surface area (Å²) < 4.78 is 39.9. The van der Waals surface area contributed by atoms with Gasteiger partial charge in [-0.2, -0.15) is 0 Å². The van der Waals surface area contributed by atoms with Crippen molar-refractivity contribution in [2.75, 3.05) is 43.2 Å². The normalized spacial score (nSPS) is 14.7. The summed E-state index contributed by atoms with van der Waals surface area (Å²) in [5, 5.41) is 0. The number of benzene rings is 2. The van der Waals surface area contributed by atoms with Crippen molar-refractivity contribution in [3.8, 4) is 0 Å². The first-order valence-corrected chi connectivity index (χ1v) is 12.1. The van der Waals surface area contributed by atoms with E-state index in [1.165, 1.54) is 18.2 Å². The Hall–Kier alpha value is -2.98. The number of carbonyl (C=O) groups is 2. The highest BCUT2D eigenvalue weighted by Gasteiger charge is 2.23. The minimum atomic E-state index is -3.51. The molecule has 0 aliphatic carbocycles. The maximum absolute atomic E-state index is 13.8. The van der Waals surface area contributed by atoms with Crippen LogP contribution in [0.1, 0.15) is 22.3 Å². The van der Waals surface area contributed by atoms with Crippen LogP contribution < -0.4 is 10.5 Å². The Labute approximate surface area is 187 Å². The molecule has 2 aromatic carbocycles. The molecule has 0 spiro atoms. The summed E-state index contributed by atoms with van der Waals surface area (Å²) >= 11 is 0. The largest absolute Gasteiger partial charge is 0.341 e. The van der Waals surface area contributed by atoms with E-state index in [9.17, 15) is 22.4 Å². The molecule has 3 N–H and O–H groups in total. The molecular weight excluding hydrogens is 435 g/mol. The molecule has 2 amide bonds. The number of nitrogens with two attached hydrogens (primary N) is 1. The number of nitrogens with zero attached hydrogens (tertiary/aromatic N) is 2. The molecule has 1 heterocycles. The van der Waals surface area contributed by atoms with Gasteiger partial charge < -0.3 is 15.5 Å². The van der Waals surface area contributed by atoms with Crippen molar-refractivity contribution in [2.45, 2.75) is 12.8 Å². The van der Waals surface area contributed by atoms with Gasteiger partial charge in [0.2, 0.25) is 15.9 Å². The van der Waals surface area contributed by atoms with E-state index in [0.717, 1.165) is 0 Å². The van der Waals surface area contributed by atoms with Gasteiger partial charge in [0.1, 0.15) is 5.82 Å². The average molecular weight is 463 g/mol. The summed E-state index contributed by atoms with van der Waals surface area (Å²) in [6.45, 7) is 1.75. The van der Waals surface area contributed by atoms with Crippen LogP contribution in [-0.2, 0) is 21.2 Å². The van der Waals surface area contributed by atoms with Crippen LogP contribution in [0.5, 0.6) is 0 Å². The second-order valence-electron chi connectivity index (χ2n) is 7.58. The first-order chi connectivity index (χ1) is 15.3. The third-order valence-electron chi connectivity index (χ3n) is 5.23. The number of hydrogen-bond donors (Lipinski definition) is 2. The third kappa shape index (κ3) is 6.27. The van der Waals surface area contributed by atoms with Crippen molar-refractivity contribution in [3.05, 3.63) is 65.5 Å². The van der Waals surface area contributed by atoms with Crippen LogP contribution in [-0.4, -0.2) is 68.5 Å². The zero-order chi connectivity index (χ0) is 23.1. The quantitative estimate of drug-likeness (QED) is 0.647. The van der Waals surface area contributed by atoms with Crippen molar-refractivity contribution in [1.29, 1.82) is 0 Å². The lowest BCUT2D eigenvalue weighted by Crippen LogP contribution is -2.38. The van der Waals surface area contributed by atoms with Gasteiger partial charge in [-0.3, -0.25) is 14.3 Å². The van der Waals surface area contributed by atoms with Crippen LogP contribution in [0.3, 0.4) is 0 Å². The van der Waals surface area contributed by atoms with Crippen molar-refractivity contribution in [2.24, 2.45) is 5.73 Å². The molecule has 1 aliphatic rings. The molecule has 0 radical (unpaired) electrons. The highest BCUT2D eigenvalue weighted by atomic mass is 32.2. The summed E-state index contributed by atoms with van der Waals surface area (Å²) in [6, 6.07) is 12.4. The molecule has 8 nitrogen and oxygen atoms in total. The predicted octanol–water partition coefficient (Wildman–Crippen LogP) is 1.44. The molecule has 1 saturated heterocycles. The van der Waals surface area contributed by atoms with E-state index in [0.29, 0.717) is 49.4 Å². The number of rotatable bonds is 7. The molecule has 1 aliphatic heterocycles. The van der Waals surface area contributed by atoms with Gasteiger partial charge in [0, 0.05) is 44.0 Å². The van der Waals surface area contributed by atoms with Gasteiger partial charge in [-0.05, 0) is 42.3 Å². The van der Waals surface area contributed by atoms with Gasteiger partial charge in [0.15, 0.2) is 0 Å². The molecule has 1 fully saturated rings. The Bertz CT molecular complexity index is 1060. The zero-order valence-corrected chi connectivity index (χ0v) is 18.5. The number of amides is 2. The van der Waals surface area contributed by atoms with Gasteiger partial charge in [-0.15, -0.1) is 0 Å². The van der Waals surface area contributed by atoms with Crippen LogP contribution in [0.15, 0.2) is 48.5 Å². The minimum Gasteiger partial charge on any atom is -0.341 e. The predicted molar refractivity (Wildman–Crippen MR) is 120 cm³/mol. The monoisotopic (exact) mass is 462 g/mol. The second kappa shape index (κ2) is 10.6. The molecule has 172 valence electrons. The lowest BCUT2D eigenvalue weighted by atomic mass is 10.1. The van der Waals surface area contributed by atoms with E-state index in [2.05, 4.69) is 4.72 Å². The van der Waals surface area contributed by atoms with Crippen molar-refractivity contribution in [3.63, 3.8) is 0 Å². The maximum atomic E-state index is 13.8. The van der Waals surface area contributed by atoms with E-state index in [1.54, 1.807) is 40.1 Å². The first-order valence-electron chi connectivity index (χ1n) is 10.4. The lowest BCUT2D eigenvalue weighted by molar-refractivity contribution is -0.130. The first kappa shape index (κ1) is 23.7. The molecule has 0 unspecified atom stereocenters. The van der Waals surface area contributed by atoms with Crippen molar-refractivity contribution in [1.82, 2.24) is 9.80 Å². The molecule has 0 aromatic heterocycles. The van der Waals surface area contributed by atoms with Gasteiger partial charge in [-0.1, -0.05) is 18.2 Å². The Kier molecular flexibility index (Phi) is 7.81. The average Bonchev–Trinajstić information content (AvgIpc) is 3.01. The second-order valence-corrected chi connectivity index (χ2v) is 9.42. The van der Waals surface area contributed by atoms with Crippen LogP contribution in [0.25, 0.3) is 0 Å². The molecule has 2 aromatic rings. The van der Waals surface area contributed by atoms with E-state index in [-0.39, 0.29) is 30.5 Å². The Morgan fingerprint density at radius 3 is 2.31 bits per heavy atom. The van der Waals surface area contributed by atoms with Crippen LogP contribution in [0, 0.1) is 5.82 Å². The topological polar surface area (TPSA) is 113 Å². The SMILES string of the molecule is NCCS(=O)(=O)Nc1ccc(C(=O)N2CCCN(C(=O)Cc3ccccc3F)CC2)cc1. The lowest BCUT2D eigenvalue weighted by Gasteiger charge is -2.22. The summed E-state index contributed by atoms with van der Waals surface area (Å²) in [4.78, 5) is 28.8. The van der Waals surface area contributed by atoms with Crippen molar-refractivity contribution < 1.29 is 22.4 Å². The molecule has 32 heavy (non-hydrogen) atoms. The standard InChI is InChI=1S/C22H27FN4O4S/c23-20-5-2-1-4-18(20)16-21(28)26-11-3-12-27(14-13-26)22(29)17-6-8-19(9-7-17)25-32(30,31)15-10-24/h1-2,4-9,25H,3,10-16,24H2. The van der Waals surface area contributed by atoms with E-state index in [1.807, 2.05) is 0 Å². The number of carbonyl (C=O) groups excluding carboxylic acids is 2. The molecular formula is C22H27FN4O4S. The Balaban J connectivity index is 1.58. The van der Waals surface area contributed by atoms with Crippen molar-refractivity contribution >= 4 is 27.5 Å². The fraction of sp³-hybridized carbons (Fsp3) is 0.364. The smallest absolute Gasteiger partial charge is 0.253 e. The molecule has 0 bridgehead atoms. The highest BCUT2D eigenvalue weighted by Crippen LogP contribution is 2.15. The summed E-state index contributed by atoms with van der Waals surface area (Å²) in [5.74, 6) is -0.947. The molecule has 10 heteroatoms. The Morgan fingerprint density at radius 1 is 0.969 bits per heavy atom. The maximum Gasteiger partial charge on any atom is 0.253 e. The molecule has 0 atom stereocenters. The fourth-order valence-electron chi connectivity index (χ4n) is 3.54. The highest BCUT2D eigenvalue weighted by molar-refractivity contribution is 7.92. The minimum absolute atomic E-state index is 0.0118. The van der Waals surface area contributed by atoms with E-state index < -0.39 is 15.8 Å². The zero-order valence-electron chi connectivity index (χ0n) is 17.7. The van der Waals surface area contributed by atoms with Gasteiger partial charge in [0.25, 0.3) is 5.91 Å². The molecule has 3 rings (SSSR count). The van der Waals surface area contributed by atoms with Crippen LogP contribution in [0.2, 0.25) is 0 Å². The summed E-state index contributed by atoms with van der Waals surface area (Å²) in [7, 11) is -3.51.